The highest BCUT2D eigenvalue weighted by molar-refractivity contribution is 5.77. The van der Waals surface area contributed by atoms with Crippen LogP contribution in [0.4, 0.5) is 4.39 Å². The number of halogens is 1. The Labute approximate surface area is 171 Å². The SMILES string of the molecule is CC(C)(C)C(C(=O)OCc1ccccc1)N1CC(C=O)C(c2cccc(F)c2)C1. The lowest BCUT2D eigenvalue weighted by Gasteiger charge is -2.36. The molecule has 1 aliphatic heterocycles. The zero-order valence-electron chi connectivity index (χ0n) is 17.2. The first kappa shape index (κ1) is 21.2. The molecule has 0 amide bonds. The van der Waals surface area contributed by atoms with Crippen LogP contribution >= 0.6 is 0 Å². The number of esters is 1. The van der Waals surface area contributed by atoms with E-state index < -0.39 is 6.04 Å². The van der Waals surface area contributed by atoms with Gasteiger partial charge in [-0.1, -0.05) is 63.2 Å². The van der Waals surface area contributed by atoms with Crippen LogP contribution < -0.4 is 0 Å². The Morgan fingerprint density at radius 2 is 1.90 bits per heavy atom. The summed E-state index contributed by atoms with van der Waals surface area (Å²) in [4.78, 5) is 26.8. The van der Waals surface area contributed by atoms with Gasteiger partial charge >= 0.3 is 5.97 Å². The number of nitrogens with zero attached hydrogens (tertiary/aromatic N) is 1. The summed E-state index contributed by atoms with van der Waals surface area (Å²) >= 11 is 0. The average Bonchev–Trinajstić information content (AvgIpc) is 3.10. The van der Waals surface area contributed by atoms with Crippen molar-refractivity contribution in [2.45, 2.75) is 39.3 Å². The van der Waals surface area contributed by atoms with E-state index in [9.17, 15) is 14.0 Å². The molecule has 1 saturated heterocycles. The molecule has 29 heavy (non-hydrogen) atoms. The molecule has 154 valence electrons. The molecule has 1 aliphatic rings. The summed E-state index contributed by atoms with van der Waals surface area (Å²) < 4.78 is 19.3. The second-order valence-corrected chi connectivity index (χ2v) is 8.78. The fraction of sp³-hybridized carbons (Fsp3) is 0.417. The first-order chi connectivity index (χ1) is 13.8. The minimum Gasteiger partial charge on any atom is -0.460 e. The minimum atomic E-state index is -0.493. The van der Waals surface area contributed by atoms with E-state index in [1.54, 1.807) is 6.07 Å². The highest BCUT2D eigenvalue weighted by atomic mass is 19.1. The molecule has 3 unspecified atom stereocenters. The van der Waals surface area contributed by atoms with Crippen molar-refractivity contribution < 1.29 is 18.7 Å². The molecule has 0 aliphatic carbocycles. The molecule has 5 heteroatoms. The Kier molecular flexibility index (Phi) is 6.48. The largest absolute Gasteiger partial charge is 0.460 e. The van der Waals surface area contributed by atoms with Crippen LogP contribution in [0, 0.1) is 17.2 Å². The van der Waals surface area contributed by atoms with Gasteiger partial charge in [0.25, 0.3) is 0 Å². The van der Waals surface area contributed by atoms with E-state index in [0.29, 0.717) is 13.1 Å². The van der Waals surface area contributed by atoms with Crippen molar-refractivity contribution in [3.63, 3.8) is 0 Å². The normalized spacial score (nSPS) is 21.0. The molecule has 2 aromatic rings. The van der Waals surface area contributed by atoms with E-state index in [4.69, 9.17) is 4.74 Å². The number of carbonyl (C=O) groups excluding carboxylic acids is 2. The second-order valence-electron chi connectivity index (χ2n) is 8.78. The van der Waals surface area contributed by atoms with Gasteiger partial charge in [0.1, 0.15) is 24.8 Å². The first-order valence-corrected chi connectivity index (χ1v) is 9.95. The summed E-state index contributed by atoms with van der Waals surface area (Å²) in [6.45, 7) is 7.15. The molecule has 0 radical (unpaired) electrons. The number of hydrogen-bond acceptors (Lipinski definition) is 4. The third-order valence-corrected chi connectivity index (χ3v) is 5.48. The molecular formula is C24H28FNO3. The molecule has 1 fully saturated rings. The van der Waals surface area contributed by atoms with E-state index in [0.717, 1.165) is 17.4 Å². The molecule has 3 atom stereocenters. The Morgan fingerprint density at radius 3 is 2.52 bits per heavy atom. The van der Waals surface area contributed by atoms with Crippen LogP contribution in [0.2, 0.25) is 0 Å². The van der Waals surface area contributed by atoms with Crippen molar-refractivity contribution in [3.8, 4) is 0 Å². The molecule has 4 nitrogen and oxygen atoms in total. The molecule has 0 bridgehead atoms. The number of aldehydes is 1. The average molecular weight is 397 g/mol. The van der Waals surface area contributed by atoms with Crippen LogP contribution in [0.15, 0.2) is 54.6 Å². The van der Waals surface area contributed by atoms with Crippen molar-refractivity contribution in [1.29, 1.82) is 0 Å². The fourth-order valence-corrected chi connectivity index (χ4v) is 4.16. The van der Waals surface area contributed by atoms with Crippen LogP contribution in [-0.2, 0) is 20.9 Å². The quantitative estimate of drug-likeness (QED) is 0.541. The Hall–Kier alpha value is -2.53. The number of benzene rings is 2. The van der Waals surface area contributed by atoms with Gasteiger partial charge in [0.15, 0.2) is 0 Å². The third-order valence-electron chi connectivity index (χ3n) is 5.48. The zero-order valence-corrected chi connectivity index (χ0v) is 17.2. The van der Waals surface area contributed by atoms with Crippen LogP contribution in [0.25, 0.3) is 0 Å². The summed E-state index contributed by atoms with van der Waals surface area (Å²) in [5, 5.41) is 0. The lowest BCUT2D eigenvalue weighted by Crippen LogP contribution is -2.49. The van der Waals surface area contributed by atoms with Gasteiger partial charge in [-0.05, 0) is 28.7 Å². The maximum atomic E-state index is 13.7. The topological polar surface area (TPSA) is 46.6 Å². The van der Waals surface area contributed by atoms with Crippen LogP contribution in [0.1, 0.15) is 37.8 Å². The van der Waals surface area contributed by atoms with Crippen LogP contribution in [-0.4, -0.2) is 36.3 Å². The maximum Gasteiger partial charge on any atom is 0.324 e. The van der Waals surface area contributed by atoms with Crippen molar-refractivity contribution >= 4 is 12.3 Å². The summed E-state index contributed by atoms with van der Waals surface area (Å²) in [6, 6.07) is 15.4. The summed E-state index contributed by atoms with van der Waals surface area (Å²) in [7, 11) is 0. The van der Waals surface area contributed by atoms with E-state index in [1.165, 1.54) is 12.1 Å². The summed E-state index contributed by atoms with van der Waals surface area (Å²) in [6.07, 6.45) is 0.921. The summed E-state index contributed by atoms with van der Waals surface area (Å²) in [5.74, 6) is -1.05. The number of likely N-dealkylation sites (tertiary alicyclic amines) is 1. The van der Waals surface area contributed by atoms with Gasteiger partial charge in [0.2, 0.25) is 0 Å². The predicted molar refractivity (Wildman–Crippen MR) is 110 cm³/mol. The monoisotopic (exact) mass is 397 g/mol. The fourth-order valence-electron chi connectivity index (χ4n) is 4.16. The Bertz CT molecular complexity index is 847. The molecule has 3 rings (SSSR count). The number of ether oxygens (including phenoxy) is 1. The molecule has 2 aromatic carbocycles. The van der Waals surface area contributed by atoms with Gasteiger partial charge in [0.05, 0.1) is 0 Å². The van der Waals surface area contributed by atoms with Crippen molar-refractivity contribution in [1.82, 2.24) is 4.90 Å². The number of carbonyl (C=O) groups is 2. The third kappa shape index (κ3) is 5.10. The minimum absolute atomic E-state index is 0.144. The molecule has 0 N–H and O–H groups in total. The standard InChI is InChI=1S/C24H28FNO3/c1-24(2,3)22(23(28)29-16-17-8-5-4-6-9-17)26-13-19(15-27)21(14-26)18-10-7-11-20(25)12-18/h4-12,15,19,21-22H,13-14,16H2,1-3H3. The van der Waals surface area contributed by atoms with Crippen molar-refractivity contribution in [2.24, 2.45) is 11.3 Å². The smallest absolute Gasteiger partial charge is 0.324 e. The van der Waals surface area contributed by atoms with Gasteiger partial charge in [0, 0.05) is 24.9 Å². The molecule has 0 saturated carbocycles. The molecular weight excluding hydrogens is 369 g/mol. The van der Waals surface area contributed by atoms with Crippen molar-refractivity contribution in [3.05, 3.63) is 71.5 Å². The van der Waals surface area contributed by atoms with Crippen LogP contribution in [0.5, 0.6) is 0 Å². The molecule has 1 heterocycles. The van der Waals surface area contributed by atoms with E-state index in [-0.39, 0.29) is 35.6 Å². The highest BCUT2D eigenvalue weighted by Crippen LogP contribution is 2.37. The van der Waals surface area contributed by atoms with Gasteiger partial charge < -0.3 is 9.53 Å². The second kappa shape index (κ2) is 8.87. The maximum absolute atomic E-state index is 13.7. The van der Waals surface area contributed by atoms with Crippen molar-refractivity contribution in [2.75, 3.05) is 13.1 Å². The van der Waals surface area contributed by atoms with Crippen LogP contribution in [0.3, 0.4) is 0 Å². The predicted octanol–water partition coefficient (Wildman–Crippen LogP) is 4.20. The molecule has 0 spiro atoms. The van der Waals surface area contributed by atoms with E-state index >= 15 is 0 Å². The summed E-state index contributed by atoms with van der Waals surface area (Å²) in [5.41, 5.74) is 1.34. The lowest BCUT2D eigenvalue weighted by atomic mass is 9.85. The van der Waals surface area contributed by atoms with E-state index in [1.807, 2.05) is 62.1 Å². The molecule has 0 aromatic heterocycles. The van der Waals surface area contributed by atoms with E-state index in [2.05, 4.69) is 0 Å². The lowest BCUT2D eigenvalue weighted by molar-refractivity contribution is -0.155. The van der Waals surface area contributed by atoms with Gasteiger partial charge in [-0.15, -0.1) is 0 Å². The Balaban J connectivity index is 1.78. The van der Waals surface area contributed by atoms with Gasteiger partial charge in [-0.2, -0.15) is 0 Å². The number of rotatable bonds is 6. The highest BCUT2D eigenvalue weighted by Gasteiger charge is 2.44. The first-order valence-electron chi connectivity index (χ1n) is 9.95. The van der Waals surface area contributed by atoms with Gasteiger partial charge in [-0.25, -0.2) is 4.39 Å². The van der Waals surface area contributed by atoms with Gasteiger partial charge in [-0.3, -0.25) is 9.69 Å². The zero-order chi connectivity index (χ0) is 21.0. The Morgan fingerprint density at radius 1 is 1.17 bits per heavy atom. The number of hydrogen-bond donors (Lipinski definition) is 0.